The van der Waals surface area contributed by atoms with Crippen LogP contribution in [0.4, 0.5) is 4.39 Å². The number of sulfonamides is 1. The second-order valence-corrected chi connectivity index (χ2v) is 10.9. The molecule has 5 rings (SSSR count). The van der Waals surface area contributed by atoms with Gasteiger partial charge in [-0.1, -0.05) is 30.3 Å². The third-order valence-electron chi connectivity index (χ3n) is 6.84. The van der Waals surface area contributed by atoms with E-state index in [1.807, 2.05) is 30.3 Å². The number of primary sulfonamides is 1. The highest BCUT2D eigenvalue weighted by Gasteiger charge is 2.35. The van der Waals surface area contributed by atoms with Gasteiger partial charge in [-0.15, -0.1) is 0 Å². The summed E-state index contributed by atoms with van der Waals surface area (Å²) >= 11 is 0. The van der Waals surface area contributed by atoms with E-state index in [2.05, 4.69) is 0 Å². The molecule has 2 N–H and O–H groups in total. The van der Waals surface area contributed by atoms with Crippen molar-refractivity contribution in [3.63, 3.8) is 0 Å². The summed E-state index contributed by atoms with van der Waals surface area (Å²) in [6.45, 7) is 1.29. The molecule has 0 amide bonds. The Morgan fingerprint density at radius 2 is 1.72 bits per heavy atom. The summed E-state index contributed by atoms with van der Waals surface area (Å²) in [5.74, 6) is 0.903. The molecular weight excluding hydrogens is 523 g/mol. The molecule has 1 saturated heterocycles. The minimum absolute atomic E-state index is 0.00566. The minimum Gasteiger partial charge on any atom is -0.493 e. The SMILES string of the molecule is COC1(c2cc(F)cc(OCCc3nc(-c4ccccc4)c(-c4ccc(S(N)(=O)=O)cc4)o3)c2)CCOCC1. The molecule has 0 unspecified atom stereocenters. The quantitative estimate of drug-likeness (QED) is 0.308. The van der Waals surface area contributed by atoms with Crippen LogP contribution in [-0.4, -0.2) is 40.3 Å². The average Bonchev–Trinajstić information content (AvgIpc) is 3.37. The lowest BCUT2D eigenvalue weighted by Crippen LogP contribution is -2.35. The number of hydrogen-bond acceptors (Lipinski definition) is 7. The molecule has 8 nitrogen and oxygen atoms in total. The van der Waals surface area contributed by atoms with Gasteiger partial charge in [-0.05, 0) is 42.0 Å². The Morgan fingerprint density at radius 3 is 2.38 bits per heavy atom. The third-order valence-corrected chi connectivity index (χ3v) is 7.77. The van der Waals surface area contributed by atoms with Gasteiger partial charge in [-0.2, -0.15) is 0 Å². The Hall–Kier alpha value is -3.57. The number of ether oxygens (including phenoxy) is 3. The number of oxazole rings is 1. The number of hydrogen-bond donors (Lipinski definition) is 1. The number of methoxy groups -OCH3 is 1. The zero-order valence-corrected chi connectivity index (χ0v) is 22.2. The first-order valence-electron chi connectivity index (χ1n) is 12.5. The molecule has 1 aromatic heterocycles. The number of halogens is 1. The fraction of sp³-hybridized carbons (Fsp3) is 0.276. The predicted octanol–water partition coefficient (Wildman–Crippen LogP) is 5.07. The van der Waals surface area contributed by atoms with Gasteiger partial charge in [0.15, 0.2) is 11.7 Å². The second-order valence-electron chi connectivity index (χ2n) is 9.31. The highest BCUT2D eigenvalue weighted by Crippen LogP contribution is 2.38. The molecule has 204 valence electrons. The van der Waals surface area contributed by atoms with E-state index in [0.29, 0.717) is 61.1 Å². The highest BCUT2D eigenvalue weighted by molar-refractivity contribution is 7.89. The van der Waals surface area contributed by atoms with Crippen LogP contribution in [0, 0.1) is 5.82 Å². The Labute approximate surface area is 226 Å². The molecule has 3 aromatic carbocycles. The van der Waals surface area contributed by atoms with Crippen LogP contribution < -0.4 is 9.88 Å². The van der Waals surface area contributed by atoms with Crippen LogP contribution in [0.25, 0.3) is 22.6 Å². The maximum absolute atomic E-state index is 14.5. The molecule has 2 heterocycles. The predicted molar refractivity (Wildman–Crippen MR) is 143 cm³/mol. The van der Waals surface area contributed by atoms with Gasteiger partial charge in [0.25, 0.3) is 0 Å². The Morgan fingerprint density at radius 1 is 1.00 bits per heavy atom. The summed E-state index contributed by atoms with van der Waals surface area (Å²) in [6, 6.07) is 20.3. The first-order valence-corrected chi connectivity index (χ1v) is 14.1. The number of benzene rings is 3. The molecular formula is C29H29FN2O6S. The van der Waals surface area contributed by atoms with Crippen LogP contribution in [0.15, 0.2) is 82.1 Å². The van der Waals surface area contributed by atoms with E-state index in [0.717, 1.165) is 11.1 Å². The molecule has 39 heavy (non-hydrogen) atoms. The number of nitrogens with two attached hydrogens (primary N) is 1. The normalized spacial score (nSPS) is 15.3. The van der Waals surface area contributed by atoms with Crippen molar-refractivity contribution in [3.8, 4) is 28.3 Å². The number of rotatable bonds is 9. The molecule has 0 spiro atoms. The van der Waals surface area contributed by atoms with Crippen LogP contribution in [0.3, 0.4) is 0 Å². The van der Waals surface area contributed by atoms with Crippen LogP contribution >= 0.6 is 0 Å². The lowest BCUT2D eigenvalue weighted by Gasteiger charge is -2.36. The van der Waals surface area contributed by atoms with E-state index in [1.54, 1.807) is 25.3 Å². The van der Waals surface area contributed by atoms with Crippen molar-refractivity contribution in [2.75, 3.05) is 26.9 Å². The standard InChI is InChI=1S/C29H29FN2O6S/c1-35-29(12-15-36-16-13-29)22-17-23(30)19-24(18-22)37-14-11-26-32-27(20-5-3-2-4-6-20)28(38-26)21-7-9-25(10-8-21)39(31,33)34/h2-10,17-19H,11-16H2,1H3,(H2,31,33,34). The van der Waals surface area contributed by atoms with Gasteiger partial charge in [0, 0.05) is 50.4 Å². The van der Waals surface area contributed by atoms with Gasteiger partial charge in [-0.25, -0.2) is 22.9 Å². The van der Waals surface area contributed by atoms with Crippen molar-refractivity contribution in [2.24, 2.45) is 5.14 Å². The second kappa shape index (κ2) is 11.3. The zero-order chi connectivity index (χ0) is 27.5. The van der Waals surface area contributed by atoms with Gasteiger partial charge in [-0.3, -0.25) is 0 Å². The summed E-state index contributed by atoms with van der Waals surface area (Å²) in [7, 11) is -2.19. The lowest BCUT2D eigenvalue weighted by atomic mass is 9.86. The molecule has 0 saturated carbocycles. The Kier molecular flexibility index (Phi) is 7.81. The first-order chi connectivity index (χ1) is 18.8. The molecule has 1 fully saturated rings. The minimum atomic E-state index is -3.82. The fourth-order valence-corrected chi connectivity index (χ4v) is 5.25. The zero-order valence-electron chi connectivity index (χ0n) is 21.4. The van der Waals surface area contributed by atoms with E-state index in [-0.39, 0.29) is 11.5 Å². The van der Waals surface area contributed by atoms with Gasteiger partial charge < -0.3 is 18.6 Å². The molecule has 0 radical (unpaired) electrons. The Balaban J connectivity index is 1.37. The Bertz CT molecular complexity index is 1530. The monoisotopic (exact) mass is 552 g/mol. The highest BCUT2D eigenvalue weighted by atomic mass is 32.2. The van der Waals surface area contributed by atoms with Crippen molar-refractivity contribution >= 4 is 10.0 Å². The summed E-state index contributed by atoms with van der Waals surface area (Å²) in [5, 5.41) is 5.24. The van der Waals surface area contributed by atoms with Crippen molar-refractivity contribution in [1.82, 2.24) is 4.98 Å². The van der Waals surface area contributed by atoms with Crippen molar-refractivity contribution in [2.45, 2.75) is 29.8 Å². The fourth-order valence-electron chi connectivity index (χ4n) is 4.73. The van der Waals surface area contributed by atoms with Crippen molar-refractivity contribution in [1.29, 1.82) is 0 Å². The maximum Gasteiger partial charge on any atom is 0.238 e. The van der Waals surface area contributed by atoms with Crippen LogP contribution in [0.2, 0.25) is 0 Å². The van der Waals surface area contributed by atoms with Crippen LogP contribution in [0.5, 0.6) is 5.75 Å². The van der Waals surface area contributed by atoms with Gasteiger partial charge in [0.05, 0.1) is 23.5 Å². The summed E-state index contributed by atoms with van der Waals surface area (Å²) < 4.78 is 61.2. The first kappa shape index (κ1) is 27.0. The largest absolute Gasteiger partial charge is 0.493 e. The van der Waals surface area contributed by atoms with Gasteiger partial charge >= 0.3 is 0 Å². The van der Waals surface area contributed by atoms with E-state index in [4.69, 9.17) is 28.8 Å². The molecule has 0 bridgehead atoms. The van der Waals surface area contributed by atoms with E-state index < -0.39 is 21.4 Å². The summed E-state index contributed by atoms with van der Waals surface area (Å²) in [5.41, 5.74) is 2.21. The average molecular weight is 553 g/mol. The molecule has 0 atom stereocenters. The summed E-state index contributed by atoms with van der Waals surface area (Å²) in [4.78, 5) is 4.70. The van der Waals surface area contributed by atoms with Crippen molar-refractivity contribution < 1.29 is 31.4 Å². The maximum atomic E-state index is 14.5. The molecule has 4 aromatic rings. The van der Waals surface area contributed by atoms with Crippen molar-refractivity contribution in [3.05, 3.63) is 90.1 Å². The van der Waals surface area contributed by atoms with Gasteiger partial charge in [0.1, 0.15) is 17.3 Å². The number of nitrogens with zero attached hydrogens (tertiary/aromatic N) is 1. The molecule has 0 aliphatic carbocycles. The third kappa shape index (κ3) is 6.04. The van der Waals surface area contributed by atoms with E-state index >= 15 is 0 Å². The topological polar surface area (TPSA) is 114 Å². The van der Waals surface area contributed by atoms with Crippen LogP contribution in [0.1, 0.15) is 24.3 Å². The smallest absolute Gasteiger partial charge is 0.238 e. The van der Waals surface area contributed by atoms with Crippen LogP contribution in [-0.2, 0) is 31.5 Å². The molecule has 1 aliphatic heterocycles. The van der Waals surface area contributed by atoms with E-state index in [9.17, 15) is 12.8 Å². The lowest BCUT2D eigenvalue weighted by molar-refractivity contribution is -0.0950. The number of aromatic nitrogens is 1. The molecule has 10 heteroatoms. The van der Waals surface area contributed by atoms with Gasteiger partial charge in [0.2, 0.25) is 10.0 Å². The van der Waals surface area contributed by atoms with E-state index in [1.165, 1.54) is 24.3 Å². The summed E-state index contributed by atoms with van der Waals surface area (Å²) in [6.07, 6.45) is 1.59. The molecule has 1 aliphatic rings.